The van der Waals surface area contributed by atoms with Crippen LogP contribution in [-0.4, -0.2) is 59.8 Å². The fraction of sp³-hybridized carbons (Fsp3) is 0.375. The van der Waals surface area contributed by atoms with Crippen molar-refractivity contribution < 1.29 is 6.22 Å². The van der Waals surface area contributed by atoms with Crippen molar-refractivity contribution >= 4 is 11.5 Å². The van der Waals surface area contributed by atoms with Crippen LogP contribution in [-0.2, 0) is 10.2 Å². The Hall–Kier alpha value is -3.60. The number of piperazine rings is 1. The van der Waals surface area contributed by atoms with Gasteiger partial charge in [-0.1, -0.05) is 74.2 Å². The van der Waals surface area contributed by atoms with Gasteiger partial charge in [0, 0.05) is 53.3 Å². The van der Waals surface area contributed by atoms with E-state index in [1.807, 2.05) is 30.6 Å². The van der Waals surface area contributed by atoms with E-state index in [0.717, 1.165) is 63.5 Å². The largest absolute Gasteiger partial charge is 0.367 e. The van der Waals surface area contributed by atoms with E-state index in [9.17, 15) is 4.79 Å². The van der Waals surface area contributed by atoms with E-state index in [2.05, 4.69) is 87.8 Å². The molecule has 1 atom stereocenters. The topological polar surface area (TPSA) is 39.7 Å². The lowest BCUT2D eigenvalue weighted by Crippen LogP contribution is -2.52. The SMILES string of the molecule is C=C(N1CCN(c2cccnc2)CC1)N1CCC(C(=O)C[C@@H](C)c2ccccc2)(c2ccccc2)CC1.[HH]. The maximum absolute atomic E-state index is 14.0. The number of hydrogen-bond donors (Lipinski definition) is 0. The maximum Gasteiger partial charge on any atom is 0.144 e. The maximum atomic E-state index is 14.0. The molecule has 2 saturated heterocycles. The third-order valence-corrected chi connectivity index (χ3v) is 8.36. The molecule has 2 fully saturated rings. The summed E-state index contributed by atoms with van der Waals surface area (Å²) in [5.41, 5.74) is 3.15. The Labute approximate surface area is 222 Å². The number of carbonyl (C=O) groups excluding carboxylic acids is 1. The van der Waals surface area contributed by atoms with Crippen LogP contribution in [0.1, 0.15) is 44.7 Å². The monoisotopic (exact) mass is 496 g/mol. The molecule has 2 aliphatic heterocycles. The molecule has 37 heavy (non-hydrogen) atoms. The molecule has 0 spiro atoms. The predicted molar refractivity (Wildman–Crippen MR) is 153 cm³/mol. The Balaban J connectivity index is 0.00000336. The molecule has 3 aromatic rings. The average molecular weight is 497 g/mol. The molecule has 0 radical (unpaired) electrons. The van der Waals surface area contributed by atoms with E-state index in [1.54, 1.807) is 0 Å². The van der Waals surface area contributed by atoms with Crippen LogP contribution in [0.15, 0.2) is 97.6 Å². The van der Waals surface area contributed by atoms with Crippen molar-refractivity contribution in [2.24, 2.45) is 0 Å². The average Bonchev–Trinajstić information content (AvgIpc) is 2.98. The van der Waals surface area contributed by atoms with Crippen LogP contribution in [0.2, 0.25) is 0 Å². The number of rotatable bonds is 8. The van der Waals surface area contributed by atoms with Gasteiger partial charge in [-0.25, -0.2) is 0 Å². The molecule has 5 nitrogen and oxygen atoms in total. The Morgan fingerprint density at radius 1 is 0.892 bits per heavy atom. The van der Waals surface area contributed by atoms with E-state index in [0.29, 0.717) is 12.2 Å². The molecule has 1 aromatic heterocycles. The van der Waals surface area contributed by atoms with Crippen LogP contribution in [0.5, 0.6) is 0 Å². The first-order valence-electron chi connectivity index (χ1n) is 13.5. The number of benzene rings is 2. The standard InChI is InChI=1S/C32H38N4O.H2/c1-26(28-10-5-3-6-11-28)24-31(37)32(29-12-7-4-8-13-29)15-18-34(19-16-32)27(2)35-20-22-36(23-21-35)30-14-9-17-33-25-30;/h3-14,17,25-26H,2,15-16,18-24H2,1H3;1H/t26-;/m1./s1. The zero-order valence-corrected chi connectivity index (χ0v) is 21.9. The van der Waals surface area contributed by atoms with Crippen LogP contribution >= 0.6 is 0 Å². The van der Waals surface area contributed by atoms with E-state index in [-0.39, 0.29) is 7.34 Å². The Kier molecular flexibility index (Phi) is 7.59. The van der Waals surface area contributed by atoms with Crippen molar-refractivity contribution in [3.63, 3.8) is 0 Å². The third kappa shape index (κ3) is 5.41. The fourth-order valence-electron chi connectivity index (χ4n) is 5.97. The molecule has 0 aliphatic carbocycles. The normalized spacial score (nSPS) is 18.4. The lowest BCUT2D eigenvalue weighted by molar-refractivity contribution is -0.126. The van der Waals surface area contributed by atoms with Crippen molar-refractivity contribution in [1.29, 1.82) is 0 Å². The first-order chi connectivity index (χ1) is 18.1. The third-order valence-electron chi connectivity index (χ3n) is 8.36. The summed E-state index contributed by atoms with van der Waals surface area (Å²) < 4.78 is 0. The van der Waals surface area contributed by atoms with Gasteiger partial charge in [0.05, 0.1) is 23.1 Å². The van der Waals surface area contributed by atoms with E-state index in [4.69, 9.17) is 0 Å². The Bertz CT molecular complexity index is 1170. The summed E-state index contributed by atoms with van der Waals surface area (Å²) in [6.45, 7) is 12.2. The van der Waals surface area contributed by atoms with Gasteiger partial charge < -0.3 is 14.7 Å². The summed E-state index contributed by atoms with van der Waals surface area (Å²) in [7, 11) is 0. The van der Waals surface area contributed by atoms with Crippen molar-refractivity contribution in [2.75, 3.05) is 44.2 Å². The molecule has 3 heterocycles. The van der Waals surface area contributed by atoms with Gasteiger partial charge in [-0.05, 0) is 42.0 Å². The summed E-state index contributed by atoms with van der Waals surface area (Å²) >= 11 is 0. The van der Waals surface area contributed by atoms with Gasteiger partial charge in [0.15, 0.2) is 0 Å². The highest BCUT2D eigenvalue weighted by Gasteiger charge is 2.43. The number of pyridine rings is 1. The van der Waals surface area contributed by atoms with E-state index < -0.39 is 5.41 Å². The molecule has 194 valence electrons. The molecule has 5 heteroatoms. The van der Waals surface area contributed by atoms with Crippen LogP contribution in [0, 0.1) is 0 Å². The van der Waals surface area contributed by atoms with E-state index in [1.165, 1.54) is 11.3 Å². The van der Waals surface area contributed by atoms with Gasteiger partial charge in [0.25, 0.3) is 0 Å². The summed E-state index contributed by atoms with van der Waals surface area (Å²) in [4.78, 5) is 25.4. The van der Waals surface area contributed by atoms with Crippen molar-refractivity contribution in [3.05, 3.63) is 109 Å². The zero-order chi connectivity index (χ0) is 25.7. The number of ketones is 1. The zero-order valence-electron chi connectivity index (χ0n) is 21.9. The Morgan fingerprint density at radius 3 is 2.14 bits per heavy atom. The molecular weight excluding hydrogens is 456 g/mol. The number of piperidine rings is 1. The van der Waals surface area contributed by atoms with Gasteiger partial charge >= 0.3 is 0 Å². The first-order valence-corrected chi connectivity index (χ1v) is 13.5. The minimum absolute atomic E-state index is 0. The minimum Gasteiger partial charge on any atom is -0.367 e. The molecule has 0 bridgehead atoms. The smallest absolute Gasteiger partial charge is 0.144 e. The van der Waals surface area contributed by atoms with Crippen LogP contribution < -0.4 is 4.90 Å². The fourth-order valence-corrected chi connectivity index (χ4v) is 5.97. The summed E-state index contributed by atoms with van der Waals surface area (Å²) in [5.74, 6) is 1.67. The lowest BCUT2D eigenvalue weighted by atomic mass is 9.67. The number of nitrogens with zero attached hydrogens (tertiary/aromatic N) is 4. The lowest BCUT2D eigenvalue weighted by Gasteiger charge is -2.46. The second-order valence-electron chi connectivity index (χ2n) is 10.5. The number of anilines is 1. The first kappa shape index (κ1) is 25.1. The molecule has 2 aromatic carbocycles. The summed E-state index contributed by atoms with van der Waals surface area (Å²) in [5, 5.41) is 0. The van der Waals surface area contributed by atoms with Crippen molar-refractivity contribution in [3.8, 4) is 0 Å². The van der Waals surface area contributed by atoms with Crippen molar-refractivity contribution in [2.45, 2.75) is 37.5 Å². The molecule has 2 aliphatic rings. The van der Waals surface area contributed by atoms with Gasteiger partial charge in [-0.2, -0.15) is 0 Å². The quantitative estimate of drug-likeness (QED) is 0.399. The predicted octanol–water partition coefficient (Wildman–Crippen LogP) is 5.72. The highest BCUT2D eigenvalue weighted by molar-refractivity contribution is 5.91. The highest BCUT2D eigenvalue weighted by Crippen LogP contribution is 2.40. The van der Waals surface area contributed by atoms with Crippen LogP contribution in [0.25, 0.3) is 0 Å². The molecule has 0 amide bonds. The van der Waals surface area contributed by atoms with Gasteiger partial charge in [-0.15, -0.1) is 0 Å². The second-order valence-corrected chi connectivity index (χ2v) is 10.5. The summed E-state index contributed by atoms with van der Waals surface area (Å²) in [6, 6.07) is 25.0. The number of hydrogen-bond acceptors (Lipinski definition) is 5. The molecule has 0 N–H and O–H groups in total. The van der Waals surface area contributed by atoms with Crippen LogP contribution in [0.4, 0.5) is 5.69 Å². The minimum atomic E-state index is -0.430. The van der Waals surface area contributed by atoms with Crippen molar-refractivity contribution in [1.82, 2.24) is 14.8 Å². The number of Topliss-reactive ketones (excluding diaryl/α,β-unsaturated/α-hetero) is 1. The molecule has 0 saturated carbocycles. The number of likely N-dealkylation sites (tertiary alicyclic amines) is 1. The molecular formula is C32H40N4O. The summed E-state index contributed by atoms with van der Waals surface area (Å²) in [6.07, 6.45) is 5.97. The Morgan fingerprint density at radius 2 is 1.51 bits per heavy atom. The van der Waals surface area contributed by atoms with Gasteiger partial charge in [-0.3, -0.25) is 9.78 Å². The van der Waals surface area contributed by atoms with Gasteiger partial charge in [0.1, 0.15) is 5.78 Å². The van der Waals surface area contributed by atoms with E-state index >= 15 is 0 Å². The molecule has 5 rings (SSSR count). The molecule has 0 unspecified atom stereocenters. The van der Waals surface area contributed by atoms with Gasteiger partial charge in [0.2, 0.25) is 0 Å². The second kappa shape index (κ2) is 11.2. The number of carbonyl (C=O) groups is 1. The highest BCUT2D eigenvalue weighted by atomic mass is 16.1. The number of aromatic nitrogens is 1. The van der Waals surface area contributed by atoms with Crippen LogP contribution in [0.3, 0.4) is 0 Å².